The van der Waals surface area contributed by atoms with Gasteiger partial charge in [0.05, 0.1) is 16.7 Å². The fourth-order valence-electron chi connectivity index (χ4n) is 2.31. The Bertz CT molecular complexity index is 733. The highest BCUT2D eigenvalue weighted by molar-refractivity contribution is 5.77. The first kappa shape index (κ1) is 12.8. The van der Waals surface area contributed by atoms with Crippen LogP contribution in [0.15, 0.2) is 48.8 Å². The van der Waals surface area contributed by atoms with Crippen LogP contribution in [0.3, 0.4) is 0 Å². The van der Waals surface area contributed by atoms with E-state index in [9.17, 15) is 4.39 Å². The smallest absolute Gasteiger partial charge is 0.125 e. The molecule has 3 rings (SSSR count). The quantitative estimate of drug-likeness (QED) is 0.787. The molecule has 3 aromatic rings. The number of halogens is 1. The summed E-state index contributed by atoms with van der Waals surface area (Å²) in [5.41, 5.74) is 3.61. The molecule has 0 atom stereocenters. The molecule has 0 aliphatic heterocycles. The molecule has 0 aliphatic carbocycles. The molecule has 0 saturated carbocycles. The van der Waals surface area contributed by atoms with Gasteiger partial charge in [0.2, 0.25) is 0 Å². The SMILES string of the molecule is CCNCc1cc(F)cc(-n2cnc3ccccc32)c1. The maximum absolute atomic E-state index is 13.8. The van der Waals surface area contributed by atoms with E-state index in [-0.39, 0.29) is 5.82 Å². The largest absolute Gasteiger partial charge is 0.313 e. The van der Waals surface area contributed by atoms with E-state index >= 15 is 0 Å². The van der Waals surface area contributed by atoms with E-state index in [1.165, 1.54) is 6.07 Å². The number of aromatic nitrogens is 2. The van der Waals surface area contributed by atoms with E-state index in [2.05, 4.69) is 10.3 Å². The van der Waals surface area contributed by atoms with Crippen molar-refractivity contribution in [1.82, 2.24) is 14.9 Å². The highest BCUT2D eigenvalue weighted by atomic mass is 19.1. The van der Waals surface area contributed by atoms with Gasteiger partial charge in [-0.2, -0.15) is 0 Å². The summed E-state index contributed by atoms with van der Waals surface area (Å²) in [5.74, 6) is -0.229. The molecule has 0 unspecified atom stereocenters. The molecule has 4 heteroatoms. The number of fused-ring (bicyclic) bond motifs is 1. The second kappa shape index (κ2) is 5.43. The summed E-state index contributed by atoms with van der Waals surface area (Å²) in [6.07, 6.45) is 1.73. The Morgan fingerprint density at radius 2 is 2.05 bits per heavy atom. The molecule has 3 nitrogen and oxygen atoms in total. The highest BCUT2D eigenvalue weighted by Gasteiger charge is 2.06. The Morgan fingerprint density at radius 1 is 1.20 bits per heavy atom. The monoisotopic (exact) mass is 269 g/mol. The summed E-state index contributed by atoms with van der Waals surface area (Å²) in [4.78, 5) is 4.34. The van der Waals surface area contributed by atoms with Gasteiger partial charge >= 0.3 is 0 Å². The molecule has 20 heavy (non-hydrogen) atoms. The fourth-order valence-corrected chi connectivity index (χ4v) is 2.31. The molecule has 102 valence electrons. The topological polar surface area (TPSA) is 29.9 Å². The molecule has 0 aliphatic rings. The van der Waals surface area contributed by atoms with Crippen molar-refractivity contribution in [2.75, 3.05) is 6.54 Å². The van der Waals surface area contributed by atoms with E-state index in [0.29, 0.717) is 6.54 Å². The van der Waals surface area contributed by atoms with Crippen molar-refractivity contribution >= 4 is 11.0 Å². The van der Waals surface area contributed by atoms with E-state index < -0.39 is 0 Å². The Balaban J connectivity index is 2.07. The van der Waals surface area contributed by atoms with Crippen LogP contribution < -0.4 is 5.32 Å². The summed E-state index contributed by atoms with van der Waals surface area (Å²) in [6.45, 7) is 3.55. The van der Waals surface area contributed by atoms with Gasteiger partial charge in [0, 0.05) is 6.54 Å². The first-order chi connectivity index (χ1) is 9.78. The number of hydrogen-bond acceptors (Lipinski definition) is 2. The third kappa shape index (κ3) is 2.42. The number of imidazole rings is 1. The van der Waals surface area contributed by atoms with Crippen LogP contribution in [0.2, 0.25) is 0 Å². The molecule has 0 bridgehead atoms. The standard InChI is InChI=1S/C16H16FN3/c1-2-18-10-12-7-13(17)9-14(8-12)20-11-19-15-5-3-4-6-16(15)20/h3-9,11,18H,2,10H2,1H3. The van der Waals surface area contributed by atoms with Gasteiger partial charge < -0.3 is 5.32 Å². The van der Waals surface area contributed by atoms with Crippen molar-refractivity contribution in [3.8, 4) is 5.69 Å². The van der Waals surface area contributed by atoms with Crippen LogP contribution in [0.5, 0.6) is 0 Å². The number of nitrogens with one attached hydrogen (secondary N) is 1. The van der Waals surface area contributed by atoms with Crippen molar-refractivity contribution in [2.45, 2.75) is 13.5 Å². The lowest BCUT2D eigenvalue weighted by Gasteiger charge is -2.08. The summed E-state index contributed by atoms with van der Waals surface area (Å²) < 4.78 is 15.7. The lowest BCUT2D eigenvalue weighted by Crippen LogP contribution is -2.12. The number of benzene rings is 2. The van der Waals surface area contributed by atoms with Gasteiger partial charge in [-0.15, -0.1) is 0 Å². The molecule has 1 aromatic heterocycles. The first-order valence-electron chi connectivity index (χ1n) is 6.70. The molecule has 0 spiro atoms. The maximum atomic E-state index is 13.8. The lowest BCUT2D eigenvalue weighted by atomic mass is 10.2. The molecular formula is C16H16FN3. The summed E-state index contributed by atoms with van der Waals surface area (Å²) in [5, 5.41) is 3.21. The highest BCUT2D eigenvalue weighted by Crippen LogP contribution is 2.20. The molecule has 2 aromatic carbocycles. The molecule has 0 amide bonds. The molecule has 0 saturated heterocycles. The Hall–Kier alpha value is -2.20. The van der Waals surface area contributed by atoms with Crippen molar-refractivity contribution < 1.29 is 4.39 Å². The molecule has 0 fully saturated rings. The Morgan fingerprint density at radius 3 is 2.90 bits per heavy atom. The predicted octanol–water partition coefficient (Wildman–Crippen LogP) is 3.27. The second-order valence-electron chi connectivity index (χ2n) is 4.70. The number of para-hydroxylation sites is 2. The summed E-state index contributed by atoms with van der Waals surface area (Å²) in [7, 11) is 0. The first-order valence-corrected chi connectivity index (χ1v) is 6.70. The molecule has 1 heterocycles. The van der Waals surface area contributed by atoms with Crippen LogP contribution in [0.25, 0.3) is 16.7 Å². The normalized spacial score (nSPS) is 11.1. The van der Waals surface area contributed by atoms with Gasteiger partial charge in [0.1, 0.15) is 12.1 Å². The molecule has 1 N–H and O–H groups in total. The number of rotatable bonds is 4. The minimum absolute atomic E-state index is 0.229. The van der Waals surface area contributed by atoms with Gasteiger partial charge in [-0.3, -0.25) is 4.57 Å². The van der Waals surface area contributed by atoms with E-state index in [1.807, 2.05) is 41.8 Å². The number of nitrogens with zero attached hydrogens (tertiary/aromatic N) is 2. The van der Waals surface area contributed by atoms with Crippen LogP contribution in [-0.4, -0.2) is 16.1 Å². The molecule has 0 radical (unpaired) electrons. The van der Waals surface area contributed by atoms with Crippen LogP contribution in [0.1, 0.15) is 12.5 Å². The Kier molecular flexibility index (Phi) is 3.48. The zero-order valence-electron chi connectivity index (χ0n) is 11.3. The minimum atomic E-state index is -0.229. The molecular weight excluding hydrogens is 253 g/mol. The Labute approximate surface area is 117 Å². The minimum Gasteiger partial charge on any atom is -0.313 e. The summed E-state index contributed by atoms with van der Waals surface area (Å²) >= 11 is 0. The third-order valence-electron chi connectivity index (χ3n) is 3.25. The summed E-state index contributed by atoms with van der Waals surface area (Å²) in [6, 6.07) is 12.9. The zero-order chi connectivity index (χ0) is 13.9. The third-order valence-corrected chi connectivity index (χ3v) is 3.25. The van der Waals surface area contributed by atoms with Crippen molar-refractivity contribution in [2.24, 2.45) is 0 Å². The van der Waals surface area contributed by atoms with Gasteiger partial charge in [0.25, 0.3) is 0 Å². The van der Waals surface area contributed by atoms with E-state index in [4.69, 9.17) is 0 Å². The van der Waals surface area contributed by atoms with Crippen LogP contribution in [0, 0.1) is 5.82 Å². The van der Waals surface area contributed by atoms with Crippen molar-refractivity contribution in [1.29, 1.82) is 0 Å². The number of hydrogen-bond donors (Lipinski definition) is 1. The van der Waals surface area contributed by atoms with Crippen LogP contribution in [-0.2, 0) is 6.54 Å². The lowest BCUT2D eigenvalue weighted by molar-refractivity contribution is 0.620. The average Bonchev–Trinajstić information content (AvgIpc) is 2.88. The van der Waals surface area contributed by atoms with Crippen molar-refractivity contribution in [3.05, 3.63) is 60.2 Å². The average molecular weight is 269 g/mol. The van der Waals surface area contributed by atoms with Crippen LogP contribution in [0.4, 0.5) is 4.39 Å². The van der Waals surface area contributed by atoms with Crippen LogP contribution >= 0.6 is 0 Å². The van der Waals surface area contributed by atoms with Gasteiger partial charge in [0.15, 0.2) is 0 Å². The fraction of sp³-hybridized carbons (Fsp3) is 0.188. The second-order valence-corrected chi connectivity index (χ2v) is 4.70. The van der Waals surface area contributed by atoms with E-state index in [0.717, 1.165) is 28.8 Å². The maximum Gasteiger partial charge on any atom is 0.125 e. The predicted molar refractivity (Wildman–Crippen MR) is 78.4 cm³/mol. The van der Waals surface area contributed by atoms with Crippen molar-refractivity contribution in [3.63, 3.8) is 0 Å². The van der Waals surface area contributed by atoms with Gasteiger partial charge in [-0.05, 0) is 42.4 Å². The van der Waals surface area contributed by atoms with E-state index in [1.54, 1.807) is 12.4 Å². The van der Waals surface area contributed by atoms with Gasteiger partial charge in [-0.1, -0.05) is 19.1 Å². The van der Waals surface area contributed by atoms with Gasteiger partial charge in [-0.25, -0.2) is 9.37 Å². The zero-order valence-corrected chi connectivity index (χ0v) is 11.3.